The fourth-order valence-electron chi connectivity index (χ4n) is 2.93. The first-order valence-corrected chi connectivity index (χ1v) is 6.75. The quantitative estimate of drug-likeness (QED) is 0.776. The molecule has 0 aliphatic carbocycles. The van der Waals surface area contributed by atoms with Gasteiger partial charge in [-0.05, 0) is 38.5 Å². The maximum atomic E-state index is 12.5. The van der Waals surface area contributed by atoms with Crippen LogP contribution in [0.3, 0.4) is 0 Å². The van der Waals surface area contributed by atoms with E-state index in [-0.39, 0.29) is 6.03 Å². The van der Waals surface area contributed by atoms with E-state index in [1.54, 1.807) is 16.7 Å². The summed E-state index contributed by atoms with van der Waals surface area (Å²) < 4.78 is 0. The molecule has 0 aromatic heterocycles. The standard InChI is InChI=1S/C13H22N2O3/c1-10-5-8-14(9-10)12(18)15-7-4-3-6-13(15,2)11(16)17/h10H,3-9H2,1-2H3,(H,16,17). The van der Waals surface area contributed by atoms with Gasteiger partial charge in [0.05, 0.1) is 0 Å². The highest BCUT2D eigenvalue weighted by molar-refractivity contribution is 5.86. The molecule has 5 nitrogen and oxygen atoms in total. The third-order valence-corrected chi connectivity index (χ3v) is 4.28. The summed E-state index contributed by atoms with van der Waals surface area (Å²) >= 11 is 0. The predicted octanol–water partition coefficient (Wildman–Crippen LogP) is 1.78. The van der Waals surface area contributed by atoms with Gasteiger partial charge in [0.15, 0.2) is 0 Å². The van der Waals surface area contributed by atoms with Crippen LogP contribution < -0.4 is 0 Å². The van der Waals surface area contributed by atoms with Crippen LogP contribution in [0.5, 0.6) is 0 Å². The van der Waals surface area contributed by atoms with Crippen LogP contribution in [-0.4, -0.2) is 52.1 Å². The minimum Gasteiger partial charge on any atom is -0.480 e. The van der Waals surface area contributed by atoms with Crippen molar-refractivity contribution in [2.75, 3.05) is 19.6 Å². The van der Waals surface area contributed by atoms with Gasteiger partial charge in [0.2, 0.25) is 0 Å². The Bertz CT molecular complexity index is 358. The molecule has 18 heavy (non-hydrogen) atoms. The number of urea groups is 1. The average Bonchev–Trinajstić information content (AvgIpc) is 2.75. The fraction of sp³-hybridized carbons (Fsp3) is 0.846. The van der Waals surface area contributed by atoms with Gasteiger partial charge in [0.25, 0.3) is 0 Å². The van der Waals surface area contributed by atoms with Crippen molar-refractivity contribution in [1.29, 1.82) is 0 Å². The summed E-state index contributed by atoms with van der Waals surface area (Å²) in [4.78, 5) is 27.3. The lowest BCUT2D eigenvalue weighted by Crippen LogP contribution is -2.60. The molecule has 2 saturated heterocycles. The number of hydrogen-bond donors (Lipinski definition) is 1. The average molecular weight is 254 g/mol. The lowest BCUT2D eigenvalue weighted by atomic mass is 9.89. The van der Waals surface area contributed by atoms with Crippen LogP contribution in [0, 0.1) is 5.92 Å². The molecule has 2 rings (SSSR count). The normalized spacial score (nSPS) is 32.7. The van der Waals surface area contributed by atoms with Gasteiger partial charge in [-0.3, -0.25) is 0 Å². The molecule has 0 saturated carbocycles. The van der Waals surface area contributed by atoms with Gasteiger partial charge in [-0.1, -0.05) is 6.92 Å². The van der Waals surface area contributed by atoms with E-state index in [9.17, 15) is 14.7 Å². The minimum atomic E-state index is -1.03. The number of nitrogens with zero attached hydrogens (tertiary/aromatic N) is 2. The van der Waals surface area contributed by atoms with Gasteiger partial charge < -0.3 is 14.9 Å². The van der Waals surface area contributed by atoms with E-state index in [1.165, 1.54) is 0 Å². The maximum Gasteiger partial charge on any atom is 0.329 e. The highest BCUT2D eigenvalue weighted by Crippen LogP contribution is 2.30. The lowest BCUT2D eigenvalue weighted by Gasteiger charge is -2.43. The minimum absolute atomic E-state index is 0.0936. The molecule has 0 radical (unpaired) electrons. The Morgan fingerprint density at radius 2 is 2.00 bits per heavy atom. The molecular formula is C13H22N2O3. The van der Waals surface area contributed by atoms with Crippen LogP contribution in [0.1, 0.15) is 39.5 Å². The molecule has 0 spiro atoms. The molecule has 0 aromatic carbocycles. The van der Waals surface area contributed by atoms with Crippen LogP contribution >= 0.6 is 0 Å². The first-order valence-electron chi connectivity index (χ1n) is 6.75. The first kappa shape index (κ1) is 13.2. The first-order chi connectivity index (χ1) is 8.45. The van der Waals surface area contributed by atoms with Crippen LogP contribution in [0.4, 0.5) is 4.79 Å². The van der Waals surface area contributed by atoms with Crippen molar-refractivity contribution in [3.05, 3.63) is 0 Å². The summed E-state index contributed by atoms with van der Waals surface area (Å²) in [6.45, 7) is 5.87. The zero-order chi connectivity index (χ0) is 13.3. The number of likely N-dealkylation sites (tertiary alicyclic amines) is 2. The van der Waals surface area contributed by atoms with Crippen molar-refractivity contribution >= 4 is 12.0 Å². The Balaban J connectivity index is 2.14. The van der Waals surface area contributed by atoms with E-state index in [1.807, 2.05) is 0 Å². The van der Waals surface area contributed by atoms with Crippen LogP contribution in [0.25, 0.3) is 0 Å². The highest BCUT2D eigenvalue weighted by atomic mass is 16.4. The molecule has 2 amide bonds. The molecule has 2 aliphatic rings. The molecule has 2 atom stereocenters. The fourth-order valence-corrected chi connectivity index (χ4v) is 2.93. The van der Waals surface area contributed by atoms with Gasteiger partial charge >= 0.3 is 12.0 Å². The number of carbonyl (C=O) groups is 2. The second-order valence-corrected chi connectivity index (χ2v) is 5.81. The SMILES string of the molecule is CC1CCN(C(=O)N2CCCCC2(C)C(=O)O)C1. The number of hydrogen-bond acceptors (Lipinski definition) is 2. The molecule has 5 heteroatoms. The molecule has 1 N–H and O–H groups in total. The summed E-state index contributed by atoms with van der Waals surface area (Å²) in [6, 6.07) is -0.0936. The summed E-state index contributed by atoms with van der Waals surface area (Å²) in [6.07, 6.45) is 3.35. The molecule has 2 heterocycles. The Labute approximate surface area is 108 Å². The lowest BCUT2D eigenvalue weighted by molar-refractivity contribution is -0.150. The van der Waals surface area contributed by atoms with Crippen molar-refractivity contribution < 1.29 is 14.7 Å². The second-order valence-electron chi connectivity index (χ2n) is 5.81. The molecule has 2 aliphatic heterocycles. The summed E-state index contributed by atoms with van der Waals surface area (Å²) in [7, 11) is 0. The number of carboxylic acid groups (broad SMARTS) is 1. The Morgan fingerprint density at radius 3 is 2.56 bits per heavy atom. The van der Waals surface area contributed by atoms with Gasteiger partial charge in [0.1, 0.15) is 5.54 Å². The summed E-state index contributed by atoms with van der Waals surface area (Å²) in [5, 5.41) is 9.40. The smallest absolute Gasteiger partial charge is 0.329 e. The van der Waals surface area contributed by atoms with Crippen molar-refractivity contribution in [3.63, 3.8) is 0 Å². The summed E-state index contributed by atoms with van der Waals surface area (Å²) in [5.41, 5.74) is -1.03. The monoisotopic (exact) mass is 254 g/mol. The molecular weight excluding hydrogens is 232 g/mol. The maximum absolute atomic E-state index is 12.5. The Kier molecular flexibility index (Phi) is 3.50. The number of carboxylic acids is 1. The number of piperidine rings is 1. The van der Waals surface area contributed by atoms with E-state index < -0.39 is 11.5 Å². The zero-order valence-electron chi connectivity index (χ0n) is 11.2. The van der Waals surface area contributed by atoms with Crippen molar-refractivity contribution in [2.45, 2.75) is 45.1 Å². The van der Waals surface area contributed by atoms with E-state index in [4.69, 9.17) is 0 Å². The molecule has 0 aromatic rings. The third kappa shape index (κ3) is 2.18. The number of aliphatic carboxylic acids is 1. The topological polar surface area (TPSA) is 60.9 Å². The predicted molar refractivity (Wildman–Crippen MR) is 67.3 cm³/mol. The van der Waals surface area contributed by atoms with E-state index in [0.29, 0.717) is 18.9 Å². The van der Waals surface area contributed by atoms with Gasteiger partial charge in [0, 0.05) is 19.6 Å². The van der Waals surface area contributed by atoms with E-state index >= 15 is 0 Å². The van der Waals surface area contributed by atoms with E-state index in [0.717, 1.165) is 32.4 Å². The molecule has 102 valence electrons. The Morgan fingerprint density at radius 1 is 1.28 bits per heavy atom. The molecule has 2 fully saturated rings. The number of rotatable bonds is 1. The van der Waals surface area contributed by atoms with Crippen molar-refractivity contribution in [2.24, 2.45) is 5.92 Å². The van der Waals surface area contributed by atoms with Gasteiger partial charge in [-0.25, -0.2) is 9.59 Å². The molecule has 2 unspecified atom stereocenters. The van der Waals surface area contributed by atoms with Crippen molar-refractivity contribution in [1.82, 2.24) is 9.80 Å². The molecule has 0 bridgehead atoms. The summed E-state index contributed by atoms with van der Waals surface area (Å²) in [5.74, 6) is -0.363. The van der Waals surface area contributed by atoms with E-state index in [2.05, 4.69) is 6.92 Å². The third-order valence-electron chi connectivity index (χ3n) is 4.28. The van der Waals surface area contributed by atoms with Gasteiger partial charge in [-0.2, -0.15) is 0 Å². The van der Waals surface area contributed by atoms with Crippen LogP contribution in [0.2, 0.25) is 0 Å². The number of carbonyl (C=O) groups excluding carboxylic acids is 1. The number of amides is 2. The second kappa shape index (κ2) is 4.78. The Hall–Kier alpha value is -1.26. The zero-order valence-corrected chi connectivity index (χ0v) is 11.2. The van der Waals surface area contributed by atoms with Crippen LogP contribution in [-0.2, 0) is 4.79 Å². The van der Waals surface area contributed by atoms with Crippen molar-refractivity contribution in [3.8, 4) is 0 Å². The van der Waals surface area contributed by atoms with Crippen LogP contribution in [0.15, 0.2) is 0 Å². The highest BCUT2D eigenvalue weighted by Gasteiger charge is 2.45. The largest absolute Gasteiger partial charge is 0.480 e. The van der Waals surface area contributed by atoms with Gasteiger partial charge in [-0.15, -0.1) is 0 Å².